The van der Waals surface area contributed by atoms with Crippen LogP contribution in [0.25, 0.3) is 11.3 Å². The number of hydrogen-bond acceptors (Lipinski definition) is 5. The number of aromatic nitrogens is 1. The lowest BCUT2D eigenvalue weighted by Gasteiger charge is -2.51. The van der Waals surface area contributed by atoms with Gasteiger partial charge in [0.1, 0.15) is 6.10 Å². The molecule has 1 aromatic heterocycles. The first-order valence-electron chi connectivity index (χ1n) is 13.2. The Balaban J connectivity index is 1.05. The molecule has 2 aromatic carbocycles. The maximum absolute atomic E-state index is 13.6. The van der Waals surface area contributed by atoms with Gasteiger partial charge in [-0.3, -0.25) is 9.69 Å². The van der Waals surface area contributed by atoms with Crippen LogP contribution in [0.15, 0.2) is 71.3 Å². The summed E-state index contributed by atoms with van der Waals surface area (Å²) in [5.74, 6) is 1.93. The normalized spacial score (nSPS) is 25.9. The highest BCUT2D eigenvalue weighted by molar-refractivity contribution is 5.83. The third-order valence-electron chi connectivity index (χ3n) is 8.57. The van der Waals surface area contributed by atoms with E-state index in [9.17, 15) is 4.79 Å². The Bertz CT molecular complexity index is 1140. The number of nitrogens with zero attached hydrogens (tertiary/aromatic N) is 2. The van der Waals surface area contributed by atoms with Crippen molar-refractivity contribution in [1.29, 1.82) is 0 Å². The maximum atomic E-state index is 13.6. The molecule has 3 atom stereocenters. The minimum absolute atomic E-state index is 0.0188. The van der Waals surface area contributed by atoms with Gasteiger partial charge in [-0.05, 0) is 43.7 Å². The summed E-state index contributed by atoms with van der Waals surface area (Å²) in [7, 11) is 0. The molecular weight excluding hydrogens is 436 g/mol. The van der Waals surface area contributed by atoms with Gasteiger partial charge in [-0.15, -0.1) is 0 Å². The van der Waals surface area contributed by atoms with Crippen molar-refractivity contribution >= 4 is 5.97 Å². The Hall–Kier alpha value is -2.92. The molecule has 0 amide bonds. The maximum Gasteiger partial charge on any atom is 0.316 e. The molecule has 6 rings (SSSR count). The molecule has 2 heterocycles. The number of ether oxygens (including phenoxy) is 1. The van der Waals surface area contributed by atoms with Crippen LogP contribution in [0.5, 0.6) is 0 Å². The van der Waals surface area contributed by atoms with Gasteiger partial charge in [0.05, 0.1) is 11.1 Å². The van der Waals surface area contributed by atoms with Gasteiger partial charge in [0, 0.05) is 30.6 Å². The van der Waals surface area contributed by atoms with Crippen molar-refractivity contribution in [2.75, 3.05) is 13.1 Å². The van der Waals surface area contributed by atoms with Crippen LogP contribution in [0.3, 0.4) is 0 Å². The second kappa shape index (κ2) is 9.62. The van der Waals surface area contributed by atoms with Crippen LogP contribution in [0, 0.1) is 11.8 Å². The quantitative estimate of drug-likeness (QED) is 0.414. The molecule has 1 saturated heterocycles. The highest BCUT2D eigenvalue weighted by Gasteiger charge is 2.50. The van der Waals surface area contributed by atoms with Gasteiger partial charge < -0.3 is 9.26 Å². The van der Waals surface area contributed by atoms with E-state index in [-0.39, 0.29) is 12.1 Å². The first kappa shape index (κ1) is 22.5. The fraction of sp³-hybridized carbons (Fsp3) is 0.467. The van der Waals surface area contributed by atoms with Crippen molar-refractivity contribution in [2.24, 2.45) is 11.8 Å². The van der Waals surface area contributed by atoms with Crippen LogP contribution >= 0.6 is 0 Å². The Morgan fingerprint density at radius 3 is 2.51 bits per heavy atom. The third kappa shape index (κ3) is 4.42. The Morgan fingerprint density at radius 2 is 1.77 bits per heavy atom. The van der Waals surface area contributed by atoms with E-state index in [1.807, 2.05) is 48.5 Å². The number of fused-ring (bicyclic) bond motifs is 1. The predicted octanol–water partition coefficient (Wildman–Crippen LogP) is 6.00. The van der Waals surface area contributed by atoms with E-state index in [1.54, 1.807) is 0 Å². The third-order valence-corrected chi connectivity index (χ3v) is 8.57. The average Bonchev–Trinajstić information content (AvgIpc) is 3.37. The first-order chi connectivity index (χ1) is 17.2. The molecule has 0 radical (unpaired) electrons. The van der Waals surface area contributed by atoms with E-state index in [0.717, 1.165) is 80.7 Å². The van der Waals surface area contributed by atoms with Crippen molar-refractivity contribution in [3.63, 3.8) is 0 Å². The summed E-state index contributed by atoms with van der Waals surface area (Å²) in [5, 5.41) is 4.31. The molecule has 0 N–H and O–H groups in total. The summed E-state index contributed by atoms with van der Waals surface area (Å²) >= 11 is 0. The first-order valence-corrected chi connectivity index (χ1v) is 13.2. The lowest BCUT2D eigenvalue weighted by Crippen LogP contribution is -2.55. The van der Waals surface area contributed by atoms with Gasteiger partial charge in [0.25, 0.3) is 0 Å². The van der Waals surface area contributed by atoms with E-state index in [2.05, 4.69) is 28.3 Å². The zero-order valence-corrected chi connectivity index (χ0v) is 20.3. The summed E-state index contributed by atoms with van der Waals surface area (Å²) in [6.45, 7) is 2.85. The van der Waals surface area contributed by atoms with Crippen molar-refractivity contribution in [3.8, 4) is 11.3 Å². The number of esters is 1. The highest BCUT2D eigenvalue weighted by atomic mass is 16.5. The fourth-order valence-corrected chi connectivity index (χ4v) is 6.55. The number of carbonyl (C=O) groups is 1. The number of hydrogen-bond donors (Lipinski definition) is 0. The molecule has 1 aliphatic heterocycles. The predicted molar refractivity (Wildman–Crippen MR) is 135 cm³/mol. The molecule has 1 unspecified atom stereocenters. The number of benzene rings is 2. The molecule has 5 heteroatoms. The monoisotopic (exact) mass is 470 g/mol. The SMILES string of the molecule is O=C(O[C@H]1CC2CN(Cc3cc(-c4ccccc4)on3)CC[C@@H]21)C1(c2ccccc2)CCCCC1. The molecular formula is C30H34N2O3. The van der Waals surface area contributed by atoms with Crippen LogP contribution < -0.4 is 0 Å². The van der Waals surface area contributed by atoms with E-state index in [0.29, 0.717) is 11.8 Å². The zero-order valence-electron chi connectivity index (χ0n) is 20.3. The molecule has 0 spiro atoms. The Morgan fingerprint density at radius 1 is 1.03 bits per heavy atom. The second-order valence-electron chi connectivity index (χ2n) is 10.7. The minimum atomic E-state index is -0.450. The van der Waals surface area contributed by atoms with Crippen LogP contribution in [0.4, 0.5) is 0 Å². The number of rotatable bonds is 6. The summed E-state index contributed by atoms with van der Waals surface area (Å²) in [6, 6.07) is 22.5. The summed E-state index contributed by atoms with van der Waals surface area (Å²) in [4.78, 5) is 16.0. The molecule has 2 aliphatic carbocycles. The van der Waals surface area contributed by atoms with Crippen molar-refractivity contribution in [3.05, 3.63) is 78.0 Å². The summed E-state index contributed by atoms with van der Waals surface area (Å²) in [6.07, 6.45) is 7.36. The van der Waals surface area contributed by atoms with Gasteiger partial charge in [0.2, 0.25) is 0 Å². The number of carbonyl (C=O) groups excluding carboxylic acids is 1. The Labute approximate surface area is 207 Å². The van der Waals surface area contributed by atoms with Gasteiger partial charge in [-0.25, -0.2) is 0 Å². The standard InChI is InChI=1S/C30H34N2O3/c33-29(30(15-8-3-9-16-30)24-12-6-2-7-13-24)34-28-18-23-20-32(17-14-26(23)28)21-25-19-27(35-31-25)22-10-4-1-5-11-22/h1-2,4-7,10-13,19,23,26,28H,3,8-9,14-18,20-21H2/t23?,26-,28-/m0/s1. The van der Waals surface area contributed by atoms with Gasteiger partial charge in [-0.2, -0.15) is 0 Å². The van der Waals surface area contributed by atoms with Gasteiger partial charge in [-0.1, -0.05) is 85.1 Å². The van der Waals surface area contributed by atoms with Crippen molar-refractivity contribution in [2.45, 2.75) is 63.0 Å². The molecule has 3 fully saturated rings. The molecule has 3 aliphatic rings. The fourth-order valence-electron chi connectivity index (χ4n) is 6.55. The van der Waals surface area contributed by atoms with E-state index in [1.165, 1.54) is 6.42 Å². The number of piperidine rings is 1. The van der Waals surface area contributed by atoms with Crippen molar-refractivity contribution < 1.29 is 14.1 Å². The molecule has 0 bridgehead atoms. The number of likely N-dealkylation sites (tertiary alicyclic amines) is 1. The van der Waals surface area contributed by atoms with Crippen LogP contribution in [0.2, 0.25) is 0 Å². The summed E-state index contributed by atoms with van der Waals surface area (Å²) < 4.78 is 11.9. The average molecular weight is 471 g/mol. The van der Waals surface area contributed by atoms with E-state index < -0.39 is 5.41 Å². The smallest absolute Gasteiger partial charge is 0.316 e. The topological polar surface area (TPSA) is 55.6 Å². The lowest BCUT2D eigenvalue weighted by atomic mass is 9.66. The molecule has 3 aromatic rings. The highest BCUT2D eigenvalue weighted by Crippen LogP contribution is 2.46. The van der Waals surface area contributed by atoms with Gasteiger partial charge in [0.15, 0.2) is 5.76 Å². The van der Waals surface area contributed by atoms with Gasteiger partial charge >= 0.3 is 5.97 Å². The molecule has 182 valence electrons. The van der Waals surface area contributed by atoms with Crippen molar-refractivity contribution in [1.82, 2.24) is 10.1 Å². The zero-order chi connectivity index (χ0) is 23.7. The molecule has 2 saturated carbocycles. The van der Waals surface area contributed by atoms with Crippen LogP contribution in [0.1, 0.15) is 56.2 Å². The largest absolute Gasteiger partial charge is 0.461 e. The van der Waals surface area contributed by atoms with E-state index in [4.69, 9.17) is 9.26 Å². The van der Waals surface area contributed by atoms with Crippen LogP contribution in [-0.2, 0) is 21.5 Å². The molecule has 5 nitrogen and oxygen atoms in total. The molecule has 35 heavy (non-hydrogen) atoms. The van der Waals surface area contributed by atoms with E-state index >= 15 is 0 Å². The summed E-state index contributed by atoms with van der Waals surface area (Å²) in [5.41, 5.74) is 2.72. The van der Waals surface area contributed by atoms with Crippen LogP contribution in [-0.4, -0.2) is 35.2 Å². The lowest BCUT2D eigenvalue weighted by molar-refractivity contribution is -0.177. The Kier molecular flexibility index (Phi) is 6.19. The minimum Gasteiger partial charge on any atom is -0.461 e. The second-order valence-corrected chi connectivity index (χ2v) is 10.7.